The zero-order valence-corrected chi connectivity index (χ0v) is 13.7. The lowest BCUT2D eigenvalue weighted by atomic mass is 10.3. The van der Waals surface area contributed by atoms with Crippen LogP contribution >= 0.6 is 0 Å². The maximum absolute atomic E-state index is 13.5. The molecule has 2 aromatic rings. The van der Waals surface area contributed by atoms with Crippen LogP contribution in [0.4, 0.5) is 15.8 Å². The molecular formula is C17H15FN2O6. The largest absolute Gasteiger partial charge is 0.475 e. The summed E-state index contributed by atoms with van der Waals surface area (Å²) in [6, 6.07) is 11.1. The van der Waals surface area contributed by atoms with E-state index in [0.29, 0.717) is 0 Å². The highest BCUT2D eigenvalue weighted by molar-refractivity contribution is 5.95. The lowest BCUT2D eigenvalue weighted by Gasteiger charge is -2.14. The molecule has 9 heteroatoms. The molecule has 26 heavy (non-hydrogen) atoms. The first-order chi connectivity index (χ1) is 12.4. The minimum absolute atomic E-state index is 0.0449. The van der Waals surface area contributed by atoms with Crippen LogP contribution in [0.25, 0.3) is 0 Å². The maximum Gasteiger partial charge on any atom is 0.344 e. The van der Waals surface area contributed by atoms with Gasteiger partial charge in [0.1, 0.15) is 5.82 Å². The Bertz CT molecular complexity index is 826. The Balaban J connectivity index is 1.88. The lowest BCUT2D eigenvalue weighted by Crippen LogP contribution is -2.32. The SMILES string of the molecule is C[C@H](OC(=O)COc1ccccc1[N+](=O)[O-])C(=O)Nc1ccccc1F. The van der Waals surface area contributed by atoms with Crippen LogP contribution in [-0.2, 0) is 14.3 Å². The van der Waals surface area contributed by atoms with Crippen molar-refractivity contribution in [2.24, 2.45) is 0 Å². The van der Waals surface area contributed by atoms with Crippen molar-refractivity contribution in [3.63, 3.8) is 0 Å². The van der Waals surface area contributed by atoms with E-state index in [4.69, 9.17) is 9.47 Å². The third-order valence-electron chi connectivity index (χ3n) is 3.22. The number of carbonyl (C=O) groups excluding carboxylic acids is 2. The number of para-hydroxylation sites is 3. The highest BCUT2D eigenvalue weighted by atomic mass is 19.1. The molecule has 1 amide bonds. The lowest BCUT2D eigenvalue weighted by molar-refractivity contribution is -0.385. The molecule has 0 aliphatic carbocycles. The minimum Gasteiger partial charge on any atom is -0.475 e. The van der Waals surface area contributed by atoms with Crippen molar-refractivity contribution >= 4 is 23.3 Å². The number of hydrogen-bond acceptors (Lipinski definition) is 6. The van der Waals surface area contributed by atoms with Gasteiger partial charge in [0.05, 0.1) is 10.6 Å². The number of nitro benzene ring substituents is 1. The highest BCUT2D eigenvalue weighted by Gasteiger charge is 2.20. The summed E-state index contributed by atoms with van der Waals surface area (Å²) in [4.78, 5) is 33.9. The van der Waals surface area contributed by atoms with E-state index in [-0.39, 0.29) is 17.1 Å². The third-order valence-corrected chi connectivity index (χ3v) is 3.22. The van der Waals surface area contributed by atoms with Crippen LogP contribution in [0.5, 0.6) is 5.75 Å². The van der Waals surface area contributed by atoms with Crippen LogP contribution < -0.4 is 10.1 Å². The third kappa shape index (κ3) is 5.00. The van der Waals surface area contributed by atoms with E-state index in [0.717, 1.165) is 0 Å². The van der Waals surface area contributed by atoms with E-state index in [9.17, 15) is 24.1 Å². The van der Waals surface area contributed by atoms with Gasteiger partial charge in [-0.2, -0.15) is 0 Å². The Morgan fingerprint density at radius 3 is 2.54 bits per heavy atom. The fourth-order valence-corrected chi connectivity index (χ4v) is 1.95. The van der Waals surface area contributed by atoms with E-state index in [1.807, 2.05) is 0 Å². The molecule has 0 radical (unpaired) electrons. The Labute approximate surface area is 147 Å². The summed E-state index contributed by atoms with van der Waals surface area (Å²) in [7, 11) is 0. The molecule has 0 aliphatic rings. The summed E-state index contributed by atoms with van der Waals surface area (Å²) in [6.45, 7) is 0.682. The number of nitrogens with one attached hydrogen (secondary N) is 1. The number of nitrogens with zero attached hydrogens (tertiary/aromatic N) is 1. The van der Waals surface area contributed by atoms with E-state index in [1.54, 1.807) is 0 Å². The van der Waals surface area contributed by atoms with Crippen LogP contribution in [0.1, 0.15) is 6.92 Å². The van der Waals surface area contributed by atoms with Gasteiger partial charge in [0.2, 0.25) is 0 Å². The summed E-state index contributed by atoms with van der Waals surface area (Å²) in [5.74, 6) is -2.36. The number of halogens is 1. The molecule has 1 N–H and O–H groups in total. The van der Waals surface area contributed by atoms with E-state index >= 15 is 0 Å². The Kier molecular flexibility index (Phi) is 6.20. The van der Waals surface area contributed by atoms with Crippen molar-refractivity contribution in [2.75, 3.05) is 11.9 Å². The Morgan fingerprint density at radius 1 is 1.19 bits per heavy atom. The Morgan fingerprint density at radius 2 is 1.85 bits per heavy atom. The van der Waals surface area contributed by atoms with Crippen LogP contribution in [0.3, 0.4) is 0 Å². The number of nitro groups is 1. The monoisotopic (exact) mass is 362 g/mol. The Hall–Kier alpha value is -3.49. The predicted octanol–water partition coefficient (Wildman–Crippen LogP) is 2.68. The summed E-state index contributed by atoms with van der Waals surface area (Å²) < 4.78 is 23.4. The number of esters is 1. The van der Waals surface area contributed by atoms with E-state index < -0.39 is 35.3 Å². The minimum atomic E-state index is -1.21. The van der Waals surface area contributed by atoms with Crippen LogP contribution in [0, 0.1) is 15.9 Å². The van der Waals surface area contributed by atoms with Gasteiger partial charge in [-0.15, -0.1) is 0 Å². The van der Waals surface area contributed by atoms with Crippen molar-refractivity contribution in [3.05, 3.63) is 64.5 Å². The number of hydrogen-bond donors (Lipinski definition) is 1. The van der Waals surface area contributed by atoms with Crippen LogP contribution in [-0.4, -0.2) is 29.5 Å². The van der Waals surface area contributed by atoms with Gasteiger partial charge in [-0.1, -0.05) is 24.3 Å². The summed E-state index contributed by atoms with van der Waals surface area (Å²) in [5, 5.41) is 13.2. The molecule has 0 saturated heterocycles. The second-order valence-corrected chi connectivity index (χ2v) is 5.11. The average Bonchev–Trinajstić information content (AvgIpc) is 2.62. The fraction of sp³-hybridized carbons (Fsp3) is 0.176. The molecule has 2 aromatic carbocycles. The second kappa shape index (κ2) is 8.56. The average molecular weight is 362 g/mol. The normalized spacial score (nSPS) is 11.3. The van der Waals surface area contributed by atoms with Crippen molar-refractivity contribution in [2.45, 2.75) is 13.0 Å². The molecule has 0 spiro atoms. The van der Waals surface area contributed by atoms with Crippen molar-refractivity contribution < 1.29 is 28.4 Å². The second-order valence-electron chi connectivity index (χ2n) is 5.11. The molecule has 0 fully saturated rings. The fourth-order valence-electron chi connectivity index (χ4n) is 1.95. The van der Waals surface area contributed by atoms with Gasteiger partial charge in [0.15, 0.2) is 18.5 Å². The molecule has 0 aromatic heterocycles. The van der Waals surface area contributed by atoms with Gasteiger partial charge in [0, 0.05) is 6.07 Å². The van der Waals surface area contributed by atoms with Gasteiger partial charge in [-0.25, -0.2) is 9.18 Å². The zero-order chi connectivity index (χ0) is 19.1. The van der Waals surface area contributed by atoms with Gasteiger partial charge in [-0.05, 0) is 25.1 Å². The van der Waals surface area contributed by atoms with Crippen molar-refractivity contribution in [1.29, 1.82) is 0 Å². The number of ether oxygens (including phenoxy) is 2. The summed E-state index contributed by atoms with van der Waals surface area (Å²) in [5.41, 5.74) is -0.345. The topological polar surface area (TPSA) is 108 Å². The standard InChI is InChI=1S/C17H15FN2O6/c1-11(17(22)19-13-7-3-2-6-12(13)18)26-16(21)10-25-15-9-5-4-8-14(15)20(23)24/h2-9,11H,10H2,1H3,(H,19,22)/t11-/m0/s1. The van der Waals surface area contributed by atoms with Gasteiger partial charge in [-0.3, -0.25) is 14.9 Å². The van der Waals surface area contributed by atoms with Crippen molar-refractivity contribution in [1.82, 2.24) is 0 Å². The molecule has 2 rings (SSSR count). The van der Waals surface area contributed by atoms with Crippen LogP contribution in [0.2, 0.25) is 0 Å². The molecule has 8 nitrogen and oxygen atoms in total. The van der Waals surface area contributed by atoms with Gasteiger partial charge >= 0.3 is 11.7 Å². The molecule has 0 heterocycles. The summed E-state index contributed by atoms with van der Waals surface area (Å²) >= 11 is 0. The first-order valence-electron chi connectivity index (χ1n) is 7.49. The number of benzene rings is 2. The van der Waals surface area contributed by atoms with Gasteiger partial charge in [0.25, 0.3) is 5.91 Å². The number of rotatable bonds is 7. The predicted molar refractivity (Wildman–Crippen MR) is 89.2 cm³/mol. The molecule has 136 valence electrons. The van der Waals surface area contributed by atoms with E-state index in [2.05, 4.69) is 5.32 Å². The first kappa shape index (κ1) is 18.8. The van der Waals surface area contributed by atoms with Gasteiger partial charge < -0.3 is 14.8 Å². The summed E-state index contributed by atoms with van der Waals surface area (Å²) in [6.07, 6.45) is -1.21. The molecule has 0 unspecified atom stereocenters. The number of anilines is 1. The number of amides is 1. The smallest absolute Gasteiger partial charge is 0.344 e. The zero-order valence-electron chi connectivity index (χ0n) is 13.7. The number of carbonyl (C=O) groups is 2. The molecule has 0 bridgehead atoms. The van der Waals surface area contributed by atoms with E-state index in [1.165, 1.54) is 55.5 Å². The highest BCUT2D eigenvalue weighted by Crippen LogP contribution is 2.25. The molecular weight excluding hydrogens is 347 g/mol. The molecule has 0 aliphatic heterocycles. The quantitative estimate of drug-likeness (QED) is 0.461. The van der Waals surface area contributed by atoms with Crippen molar-refractivity contribution in [3.8, 4) is 5.75 Å². The molecule has 0 saturated carbocycles. The maximum atomic E-state index is 13.5. The van der Waals surface area contributed by atoms with Crippen LogP contribution in [0.15, 0.2) is 48.5 Å². The molecule has 1 atom stereocenters. The first-order valence-corrected chi connectivity index (χ1v) is 7.49.